The van der Waals surface area contributed by atoms with Crippen LogP contribution in [0.25, 0.3) is 0 Å². The van der Waals surface area contributed by atoms with Crippen LogP contribution in [0.5, 0.6) is 0 Å². The molecule has 0 spiro atoms. The average Bonchev–Trinajstić information content (AvgIpc) is 2.45. The molecule has 0 aromatic heterocycles. The third-order valence-electron chi connectivity index (χ3n) is 3.12. The largest absolute Gasteiger partial charge is 0.0654 e. The molecule has 120 valence electrons. The van der Waals surface area contributed by atoms with E-state index >= 15 is 0 Å². The molecule has 19 heavy (non-hydrogen) atoms. The lowest BCUT2D eigenvalue weighted by Gasteiger charge is -1.90. The van der Waals surface area contributed by atoms with E-state index in [0.29, 0.717) is 0 Å². The summed E-state index contributed by atoms with van der Waals surface area (Å²) in [4.78, 5) is 0. The van der Waals surface area contributed by atoms with E-state index in [9.17, 15) is 0 Å². The first kappa shape index (κ1) is 24.0. The summed E-state index contributed by atoms with van der Waals surface area (Å²) >= 11 is 0. The summed E-state index contributed by atoms with van der Waals surface area (Å²) in [6, 6.07) is 0. The molecule has 0 aromatic rings. The summed E-state index contributed by atoms with van der Waals surface area (Å²) < 4.78 is 0. The van der Waals surface area contributed by atoms with Crippen molar-refractivity contribution in [3.05, 3.63) is 0 Å². The molecule has 0 nitrogen and oxygen atoms in total. The smallest absolute Gasteiger partial charge is 0.0533 e. The quantitative estimate of drug-likeness (QED) is 0.352. The van der Waals surface area contributed by atoms with E-state index in [0.717, 1.165) is 0 Å². The summed E-state index contributed by atoms with van der Waals surface area (Å²) in [5.41, 5.74) is 0. The van der Waals surface area contributed by atoms with Crippen LogP contribution in [-0.4, -0.2) is 0 Å². The van der Waals surface area contributed by atoms with E-state index in [-0.39, 0.29) is 0 Å². The van der Waals surface area contributed by atoms with Crippen molar-refractivity contribution in [2.45, 2.75) is 125 Å². The zero-order chi connectivity index (χ0) is 15.2. The highest BCUT2D eigenvalue weighted by Gasteiger charge is 1.80. The van der Waals surface area contributed by atoms with Gasteiger partial charge in [0.2, 0.25) is 0 Å². The lowest BCUT2D eigenvalue weighted by atomic mass is 10.2. The van der Waals surface area contributed by atoms with Crippen LogP contribution in [0.1, 0.15) is 125 Å². The minimum Gasteiger partial charge on any atom is -0.0654 e. The van der Waals surface area contributed by atoms with E-state index in [1.165, 1.54) is 83.5 Å². The van der Waals surface area contributed by atoms with Gasteiger partial charge >= 0.3 is 0 Å². The molecule has 0 heteroatoms. The number of hydrogen-bond acceptors (Lipinski definition) is 0. The van der Waals surface area contributed by atoms with Crippen molar-refractivity contribution in [2.24, 2.45) is 0 Å². The van der Waals surface area contributed by atoms with Crippen LogP contribution in [0.15, 0.2) is 0 Å². The zero-order valence-corrected chi connectivity index (χ0v) is 15.2. The molecule has 0 amide bonds. The highest BCUT2D eigenvalue weighted by atomic mass is 13.9. The van der Waals surface area contributed by atoms with E-state index < -0.39 is 0 Å². The fourth-order valence-electron chi connectivity index (χ4n) is 1.68. The molecule has 0 aliphatic rings. The first-order valence-corrected chi connectivity index (χ1v) is 9.24. The Bertz CT molecular complexity index is 76.2. The monoisotopic (exact) mass is 272 g/mol. The molecule has 0 unspecified atom stereocenters. The molecular weight excluding hydrogens is 228 g/mol. The molecular formula is C19H44. The van der Waals surface area contributed by atoms with Crippen molar-refractivity contribution < 1.29 is 0 Å². The molecule has 0 saturated heterocycles. The van der Waals surface area contributed by atoms with Crippen LogP contribution in [0.2, 0.25) is 0 Å². The molecule has 0 aromatic carbocycles. The van der Waals surface area contributed by atoms with Gasteiger partial charge in [0.15, 0.2) is 0 Å². The number of unbranched alkanes of at least 4 members (excludes halogenated alkanes) is 10. The highest BCUT2D eigenvalue weighted by Crippen LogP contribution is 2.00. The Morgan fingerprint density at radius 3 is 0.579 bits per heavy atom. The second-order valence-electron chi connectivity index (χ2n) is 5.47. The molecule has 0 bridgehead atoms. The van der Waals surface area contributed by atoms with E-state index in [1.807, 2.05) is 0 Å². The maximum atomic E-state index is 2.25. The summed E-state index contributed by atoms with van der Waals surface area (Å²) in [5.74, 6) is 0. The van der Waals surface area contributed by atoms with Gasteiger partial charge in [-0.2, -0.15) is 0 Å². The number of hydrogen-bond donors (Lipinski definition) is 0. The van der Waals surface area contributed by atoms with Crippen molar-refractivity contribution in [2.75, 3.05) is 0 Å². The maximum absolute atomic E-state index is 2.25. The Morgan fingerprint density at radius 1 is 0.263 bits per heavy atom. The van der Waals surface area contributed by atoms with Crippen molar-refractivity contribution >= 4 is 0 Å². The molecule has 0 fully saturated rings. The van der Waals surface area contributed by atoms with Crippen molar-refractivity contribution in [3.63, 3.8) is 0 Å². The first-order valence-electron chi connectivity index (χ1n) is 9.24. The Morgan fingerprint density at radius 2 is 0.421 bits per heavy atom. The van der Waals surface area contributed by atoms with Crippen LogP contribution >= 0.6 is 0 Å². The predicted octanol–water partition coefficient (Wildman–Crippen LogP) is 8.15. The minimum absolute atomic E-state index is 1.36. The van der Waals surface area contributed by atoms with Crippen LogP contribution in [0, 0.1) is 0 Å². The molecule has 0 rings (SSSR count). The van der Waals surface area contributed by atoms with Gasteiger partial charge in [-0.05, 0) is 0 Å². The van der Waals surface area contributed by atoms with Crippen molar-refractivity contribution in [3.8, 4) is 0 Å². The SMILES string of the molecule is CCCCCC.CCCCCC.CCCCCCC. The van der Waals surface area contributed by atoms with Crippen LogP contribution in [-0.2, 0) is 0 Å². The fourth-order valence-corrected chi connectivity index (χ4v) is 1.68. The Hall–Kier alpha value is 0. The standard InChI is InChI=1S/C7H16.2C6H14/c1-3-5-7-6-4-2;2*1-3-5-6-4-2/h3-7H2,1-2H3;2*3-6H2,1-2H3. The lowest BCUT2D eigenvalue weighted by molar-refractivity contribution is 0.656. The average molecular weight is 273 g/mol. The Kier molecular flexibility index (Phi) is 39.0. The second-order valence-corrected chi connectivity index (χ2v) is 5.47. The zero-order valence-electron chi connectivity index (χ0n) is 15.2. The number of rotatable bonds is 10. The Labute approximate surface area is 125 Å². The van der Waals surface area contributed by atoms with Gasteiger partial charge < -0.3 is 0 Å². The van der Waals surface area contributed by atoms with Gasteiger partial charge in [0, 0.05) is 0 Å². The second kappa shape index (κ2) is 30.8. The van der Waals surface area contributed by atoms with Gasteiger partial charge in [-0.25, -0.2) is 0 Å². The van der Waals surface area contributed by atoms with Crippen molar-refractivity contribution in [1.29, 1.82) is 0 Å². The summed E-state index contributed by atoms with van der Waals surface area (Å²) in [7, 11) is 0. The third kappa shape index (κ3) is 46.1. The van der Waals surface area contributed by atoms with E-state index in [1.54, 1.807) is 0 Å². The Balaban J connectivity index is -0.000000203. The predicted molar refractivity (Wildman–Crippen MR) is 94.1 cm³/mol. The van der Waals surface area contributed by atoms with Crippen LogP contribution in [0.4, 0.5) is 0 Å². The van der Waals surface area contributed by atoms with E-state index in [2.05, 4.69) is 41.5 Å². The van der Waals surface area contributed by atoms with Gasteiger partial charge in [0.05, 0.1) is 0 Å². The van der Waals surface area contributed by atoms with Crippen LogP contribution < -0.4 is 0 Å². The minimum atomic E-state index is 1.36. The topological polar surface area (TPSA) is 0 Å². The molecule has 0 N–H and O–H groups in total. The fraction of sp³-hybridized carbons (Fsp3) is 1.00. The van der Waals surface area contributed by atoms with Gasteiger partial charge in [-0.3, -0.25) is 0 Å². The molecule has 0 aliphatic carbocycles. The summed E-state index contributed by atoms with van der Waals surface area (Å²) in [6.45, 7) is 13.4. The molecule has 0 heterocycles. The van der Waals surface area contributed by atoms with Gasteiger partial charge in [0.25, 0.3) is 0 Å². The normalized spacial score (nSPS) is 9.16. The molecule has 0 saturated carbocycles. The third-order valence-corrected chi connectivity index (χ3v) is 3.12. The summed E-state index contributed by atoms with van der Waals surface area (Å²) in [6.07, 6.45) is 18.1. The summed E-state index contributed by atoms with van der Waals surface area (Å²) in [5, 5.41) is 0. The lowest BCUT2D eigenvalue weighted by Crippen LogP contribution is -1.70. The van der Waals surface area contributed by atoms with Gasteiger partial charge in [-0.15, -0.1) is 0 Å². The molecule has 0 radical (unpaired) electrons. The molecule has 0 aliphatic heterocycles. The molecule has 0 atom stereocenters. The highest BCUT2D eigenvalue weighted by molar-refractivity contribution is 4.36. The first-order chi connectivity index (χ1) is 9.24. The maximum Gasteiger partial charge on any atom is -0.0533 e. The van der Waals surface area contributed by atoms with Gasteiger partial charge in [0.1, 0.15) is 0 Å². The van der Waals surface area contributed by atoms with Crippen LogP contribution in [0.3, 0.4) is 0 Å². The van der Waals surface area contributed by atoms with E-state index in [4.69, 9.17) is 0 Å². The van der Waals surface area contributed by atoms with Crippen molar-refractivity contribution in [1.82, 2.24) is 0 Å². The van der Waals surface area contributed by atoms with Gasteiger partial charge in [-0.1, -0.05) is 125 Å².